The number of amides is 3. The van der Waals surface area contributed by atoms with Crippen LogP contribution in [0.4, 0.5) is 36.3 Å². The Morgan fingerprint density at radius 2 is 1.17 bits per heavy atom. The molecule has 12 rings (SSSR count). The third kappa shape index (κ3) is 16.8. The number of carbonyl (C=O) groups is 6. The Kier molecular flexibility index (Phi) is 21.0. The van der Waals surface area contributed by atoms with Crippen LogP contribution in [0.25, 0.3) is 0 Å². The van der Waals surface area contributed by atoms with Gasteiger partial charge in [-0.2, -0.15) is 18.3 Å². The highest BCUT2D eigenvalue weighted by Crippen LogP contribution is 2.37. The molecule has 4 aromatic heterocycles. The van der Waals surface area contributed by atoms with Crippen molar-refractivity contribution >= 4 is 58.2 Å². The molecule has 4 aliphatic heterocycles. The van der Waals surface area contributed by atoms with E-state index in [0.717, 1.165) is 130 Å². The Morgan fingerprint density at radius 1 is 0.578 bits per heavy atom. The number of hydrogen-bond acceptors (Lipinski definition) is 16. The number of nitrogens with zero attached hydrogens (tertiary/aromatic N) is 12. The molecule has 3 amide bonds. The molecule has 8 heterocycles. The quantitative estimate of drug-likeness (QED) is 0.0662. The smallest absolute Gasteiger partial charge is 0.353 e. The van der Waals surface area contributed by atoms with E-state index >= 15 is 0 Å². The minimum absolute atomic E-state index is 0.0957. The molecule has 6 aliphatic rings. The van der Waals surface area contributed by atoms with Gasteiger partial charge < -0.3 is 29.8 Å². The second-order valence-corrected chi connectivity index (χ2v) is 25.1. The average molecular weight is 1230 g/mol. The van der Waals surface area contributed by atoms with Gasteiger partial charge in [0.05, 0.1) is 29.1 Å². The number of piperazine rings is 2. The fraction of sp³-hybridized carbons (Fsp3) is 0.485. The first-order valence-electron chi connectivity index (χ1n) is 31.8. The molecule has 2 aliphatic carbocycles. The van der Waals surface area contributed by atoms with Crippen LogP contribution in [-0.2, 0) is 17.4 Å². The molecule has 90 heavy (non-hydrogen) atoms. The van der Waals surface area contributed by atoms with E-state index in [2.05, 4.69) is 77.5 Å². The SMILES string of the molecule is CC(C)CCCC(=O)c1cc2c(nn1)N1CCN(C(=O)c3ccccc3C(F)(F)F)CC1C(=O)N2.Cc1ccccc1C(=O)N1CC(Cc2ccc(C(=O)CCCC3CC3)nn2)C1.Cc1cccnc1N1CCN(c2ccc(C(=O)CCCC3CC3)nn2)CC1. The molecule has 1 N–H and O–H groups in total. The lowest BCUT2D eigenvalue weighted by atomic mass is 9.93. The van der Waals surface area contributed by atoms with Crippen molar-refractivity contribution in [2.45, 2.75) is 130 Å². The number of pyridine rings is 1. The van der Waals surface area contributed by atoms with Gasteiger partial charge in [-0.3, -0.25) is 28.8 Å². The number of hydrogen-bond donors (Lipinski definition) is 1. The first-order chi connectivity index (χ1) is 43.4. The van der Waals surface area contributed by atoms with Gasteiger partial charge in [0.1, 0.15) is 28.9 Å². The van der Waals surface area contributed by atoms with Gasteiger partial charge in [0, 0.05) is 83.4 Å². The number of nitrogens with one attached hydrogen (secondary N) is 1. The Balaban J connectivity index is 0.000000150. The Labute approximate surface area is 523 Å². The number of aromatic nitrogens is 7. The van der Waals surface area contributed by atoms with Gasteiger partial charge in [-0.25, -0.2) is 4.98 Å². The summed E-state index contributed by atoms with van der Waals surface area (Å²) in [7, 11) is 0. The summed E-state index contributed by atoms with van der Waals surface area (Å²) >= 11 is 0. The van der Waals surface area contributed by atoms with Crippen LogP contribution in [0.5, 0.6) is 0 Å². The highest BCUT2D eigenvalue weighted by Gasteiger charge is 2.43. The molecule has 474 valence electrons. The Morgan fingerprint density at radius 3 is 1.78 bits per heavy atom. The molecule has 2 aromatic carbocycles. The standard InChI is InChI=1S/C24H26F3N5O3.C23H27N3O2.C21H27N5O/c1-14(2)6-5-9-20(33)17-12-18-21(30-29-17)32-11-10-31(13-19(32)22(34)28-18)23(35)15-7-3-4-8-16(15)24(25,26)27;1-16-5-2-3-7-20(16)23(28)26-14-18(15-26)13-19-11-12-21(25-24-19)22(27)8-4-6-17-9-10-17;1-16-4-3-11-22-21(16)26-14-12-25(13-15-26)20-10-9-18(23-24-20)19(27)6-2-5-17-7-8-17/h3-4,7-8,12,14,19H,5-6,9-11,13H2,1-2H3,(H,28,34);2-3,5,7,11-12,17-18H,4,6,8-10,13-15H2,1H3;3-4,9-11,17H,2,5-8,12-15H2,1H3. The van der Waals surface area contributed by atoms with Crippen molar-refractivity contribution in [1.82, 2.24) is 45.4 Å². The largest absolute Gasteiger partial charge is 0.417 e. The van der Waals surface area contributed by atoms with E-state index in [1.807, 2.05) is 66.6 Å². The highest BCUT2D eigenvalue weighted by atomic mass is 19.4. The summed E-state index contributed by atoms with van der Waals surface area (Å²) in [6.07, 6.45) is 10.7. The monoisotopic (exact) mass is 1230 g/mol. The molecule has 6 aromatic rings. The van der Waals surface area contributed by atoms with Crippen molar-refractivity contribution < 1.29 is 41.9 Å². The predicted molar refractivity (Wildman–Crippen MR) is 336 cm³/mol. The fourth-order valence-corrected chi connectivity index (χ4v) is 11.9. The maximum Gasteiger partial charge on any atom is 0.417 e. The number of carbonyl (C=O) groups excluding carboxylic acids is 6. The Bertz CT molecular complexity index is 3510. The zero-order valence-corrected chi connectivity index (χ0v) is 51.8. The molecule has 1 unspecified atom stereocenters. The van der Waals surface area contributed by atoms with E-state index in [4.69, 9.17) is 0 Å². The van der Waals surface area contributed by atoms with Crippen LogP contribution in [0.1, 0.15) is 172 Å². The Hall–Kier alpha value is -8.56. The number of alkyl halides is 3. The third-order valence-corrected chi connectivity index (χ3v) is 17.6. The lowest BCUT2D eigenvalue weighted by molar-refractivity contribution is -0.138. The van der Waals surface area contributed by atoms with Gasteiger partial charge in [0.15, 0.2) is 29.0 Å². The second-order valence-electron chi connectivity index (χ2n) is 25.1. The number of rotatable bonds is 21. The van der Waals surface area contributed by atoms with Gasteiger partial charge in [-0.15, -0.1) is 25.5 Å². The fourth-order valence-electron chi connectivity index (χ4n) is 11.9. The van der Waals surface area contributed by atoms with Crippen molar-refractivity contribution in [2.24, 2.45) is 23.7 Å². The van der Waals surface area contributed by atoms with Gasteiger partial charge in [-0.05, 0) is 129 Å². The topological polar surface area (TPSA) is 221 Å². The number of likely N-dealkylation sites (tertiary alicyclic amines) is 1. The number of Topliss-reactive ketones (excluding diaryl/α,β-unsaturated/α-hetero) is 3. The normalized spacial score (nSPS) is 17.2. The van der Waals surface area contributed by atoms with Crippen molar-refractivity contribution in [3.63, 3.8) is 0 Å². The molecule has 19 nitrogen and oxygen atoms in total. The van der Waals surface area contributed by atoms with Crippen molar-refractivity contribution in [2.75, 3.05) is 78.9 Å². The summed E-state index contributed by atoms with van der Waals surface area (Å²) in [5.74, 6) is 3.86. The number of halogens is 3. The number of anilines is 4. The van der Waals surface area contributed by atoms with Crippen LogP contribution in [0, 0.1) is 37.5 Å². The van der Waals surface area contributed by atoms with Crippen molar-refractivity contribution in [3.8, 4) is 0 Å². The molecule has 0 spiro atoms. The van der Waals surface area contributed by atoms with E-state index in [-0.39, 0.29) is 48.6 Å². The molecule has 0 radical (unpaired) electrons. The van der Waals surface area contributed by atoms with Crippen LogP contribution in [0.2, 0.25) is 0 Å². The highest BCUT2D eigenvalue weighted by molar-refractivity contribution is 6.06. The van der Waals surface area contributed by atoms with E-state index in [0.29, 0.717) is 54.0 Å². The summed E-state index contributed by atoms with van der Waals surface area (Å²) in [5.41, 5.74) is 3.93. The second kappa shape index (κ2) is 29.4. The van der Waals surface area contributed by atoms with Gasteiger partial charge in [0.25, 0.3) is 11.8 Å². The van der Waals surface area contributed by atoms with Crippen LogP contribution in [0.3, 0.4) is 0 Å². The lowest BCUT2D eigenvalue weighted by Gasteiger charge is -2.44. The first-order valence-corrected chi connectivity index (χ1v) is 31.8. The van der Waals surface area contributed by atoms with Gasteiger partial charge in [0.2, 0.25) is 5.91 Å². The lowest BCUT2D eigenvalue weighted by Crippen LogP contribution is -2.61. The number of fused-ring (bicyclic) bond motifs is 3. The average Bonchev–Trinajstić information content (AvgIpc) is 0.870. The van der Waals surface area contributed by atoms with E-state index in [1.165, 1.54) is 60.8 Å². The molecule has 22 heteroatoms. The number of ketones is 3. The molecular weight excluding hydrogens is 1150 g/mol. The summed E-state index contributed by atoms with van der Waals surface area (Å²) in [4.78, 5) is 89.1. The number of aryl methyl sites for hydroxylation is 2. The summed E-state index contributed by atoms with van der Waals surface area (Å²) in [6.45, 7) is 13.5. The maximum atomic E-state index is 13.4. The van der Waals surface area contributed by atoms with E-state index in [9.17, 15) is 41.9 Å². The first kappa shape index (κ1) is 64.4. The minimum atomic E-state index is -4.67. The van der Waals surface area contributed by atoms with Gasteiger partial charge >= 0.3 is 6.18 Å². The molecule has 5 fully saturated rings. The molecular formula is C68H80F3N13O6. The van der Waals surface area contributed by atoms with Crippen LogP contribution in [-0.4, -0.2) is 145 Å². The zero-order valence-electron chi connectivity index (χ0n) is 51.8. The summed E-state index contributed by atoms with van der Waals surface area (Å²) < 4.78 is 40.1. The van der Waals surface area contributed by atoms with E-state index in [1.54, 1.807) is 11.0 Å². The van der Waals surface area contributed by atoms with Gasteiger partial charge in [-0.1, -0.05) is 95.2 Å². The maximum absolute atomic E-state index is 13.4. The molecule has 2 saturated carbocycles. The minimum Gasteiger partial charge on any atom is -0.353 e. The number of benzene rings is 2. The third-order valence-electron chi connectivity index (χ3n) is 17.6. The molecule has 0 bridgehead atoms. The van der Waals surface area contributed by atoms with Crippen LogP contribution in [0.15, 0.2) is 97.2 Å². The summed E-state index contributed by atoms with van der Waals surface area (Å²) in [5, 5.41) is 27.8. The summed E-state index contributed by atoms with van der Waals surface area (Å²) in [6, 6.07) is 24.5. The zero-order chi connectivity index (χ0) is 63.5. The predicted octanol–water partition coefficient (Wildman–Crippen LogP) is 10.9. The molecule has 3 saturated heterocycles. The molecule has 1 atom stereocenters. The van der Waals surface area contributed by atoms with Crippen LogP contribution < -0.4 is 20.0 Å². The van der Waals surface area contributed by atoms with Crippen molar-refractivity contribution in [1.29, 1.82) is 0 Å². The van der Waals surface area contributed by atoms with Crippen molar-refractivity contribution in [3.05, 3.63) is 148 Å². The van der Waals surface area contributed by atoms with E-state index < -0.39 is 35.2 Å². The van der Waals surface area contributed by atoms with Crippen LogP contribution >= 0.6 is 0 Å².